The van der Waals surface area contributed by atoms with Crippen LogP contribution in [0.2, 0.25) is 0 Å². The minimum Gasteiger partial charge on any atom is -0.493 e. The van der Waals surface area contributed by atoms with Gasteiger partial charge in [0.15, 0.2) is 0 Å². The van der Waals surface area contributed by atoms with Crippen LogP contribution in [0.25, 0.3) is 21.9 Å². The highest BCUT2D eigenvalue weighted by Gasteiger charge is 2.20. The maximum absolute atomic E-state index is 6.30. The van der Waals surface area contributed by atoms with Gasteiger partial charge in [0, 0.05) is 13.1 Å². The van der Waals surface area contributed by atoms with Gasteiger partial charge in [0.2, 0.25) is 0 Å². The number of nitrogens with zero attached hydrogens (tertiary/aromatic N) is 1. The van der Waals surface area contributed by atoms with Crippen LogP contribution in [0.4, 0.5) is 0 Å². The van der Waals surface area contributed by atoms with Gasteiger partial charge in [-0.25, -0.2) is 0 Å². The molecule has 3 aromatic rings. The van der Waals surface area contributed by atoms with Crippen molar-refractivity contribution >= 4 is 10.8 Å². The molecule has 1 aliphatic heterocycles. The molecule has 0 aromatic heterocycles. The van der Waals surface area contributed by atoms with E-state index in [1.165, 1.54) is 16.3 Å². The van der Waals surface area contributed by atoms with Crippen molar-refractivity contribution in [3.63, 3.8) is 0 Å². The first-order valence-corrected chi connectivity index (χ1v) is 12.9. The third-order valence-corrected chi connectivity index (χ3v) is 6.68. The monoisotopic (exact) mass is 461 g/mol. The Morgan fingerprint density at radius 2 is 1.50 bits per heavy atom. The van der Waals surface area contributed by atoms with Crippen molar-refractivity contribution in [2.45, 2.75) is 59.2 Å². The number of fused-ring (bicyclic) bond motifs is 1. The Kier molecular flexibility index (Phi) is 8.47. The Hall–Kier alpha value is -2.56. The Labute approximate surface area is 204 Å². The predicted molar refractivity (Wildman–Crippen MR) is 141 cm³/mol. The molecule has 1 fully saturated rings. The number of ether oxygens (including phenoxy) is 3. The van der Waals surface area contributed by atoms with E-state index in [4.69, 9.17) is 14.2 Å². The van der Waals surface area contributed by atoms with E-state index in [1.807, 2.05) is 13.8 Å². The summed E-state index contributed by atoms with van der Waals surface area (Å²) in [7, 11) is 2.18. The molecule has 1 heterocycles. The van der Waals surface area contributed by atoms with Crippen LogP contribution in [-0.2, 0) is 17.8 Å². The van der Waals surface area contributed by atoms with E-state index in [2.05, 4.69) is 67.4 Å². The largest absolute Gasteiger partial charge is 0.493 e. The lowest BCUT2D eigenvalue weighted by atomic mass is 9.92. The van der Waals surface area contributed by atoms with Crippen LogP contribution >= 0.6 is 0 Å². The number of hydrogen-bond acceptors (Lipinski definition) is 4. The van der Waals surface area contributed by atoms with Crippen molar-refractivity contribution in [3.8, 4) is 22.6 Å². The maximum atomic E-state index is 6.30. The molecule has 0 amide bonds. The molecule has 0 spiro atoms. The number of hydrogen-bond donors (Lipinski definition) is 0. The molecule has 0 radical (unpaired) electrons. The Bertz CT molecular complexity index is 1060. The smallest absolute Gasteiger partial charge is 0.131 e. The molecule has 0 saturated carbocycles. The van der Waals surface area contributed by atoms with Crippen LogP contribution in [0.5, 0.6) is 11.5 Å². The number of rotatable bonds is 10. The van der Waals surface area contributed by atoms with Gasteiger partial charge in [-0.05, 0) is 79.8 Å². The molecule has 4 rings (SSSR count). The highest BCUT2D eigenvalue weighted by molar-refractivity contribution is 6.01. The summed E-state index contributed by atoms with van der Waals surface area (Å²) in [6.45, 7) is 10.3. The summed E-state index contributed by atoms with van der Waals surface area (Å²) < 4.78 is 18.7. The SMILES string of the molecule is CCCc1cccc2c(-c3c(OCC)cc(COC4CCN(C)CC4)cc3OCC)cccc12. The van der Waals surface area contributed by atoms with E-state index in [1.54, 1.807) is 0 Å². The first-order chi connectivity index (χ1) is 16.6. The zero-order chi connectivity index (χ0) is 23.9. The molecule has 1 aliphatic rings. The highest BCUT2D eigenvalue weighted by atomic mass is 16.5. The molecule has 0 N–H and O–H groups in total. The first kappa shape index (κ1) is 24.6. The van der Waals surface area contributed by atoms with E-state index >= 15 is 0 Å². The lowest BCUT2D eigenvalue weighted by Gasteiger charge is -2.29. The molecular weight excluding hydrogens is 422 g/mol. The Morgan fingerprint density at radius 1 is 0.853 bits per heavy atom. The van der Waals surface area contributed by atoms with Crippen molar-refractivity contribution < 1.29 is 14.2 Å². The summed E-state index contributed by atoms with van der Waals surface area (Å²) in [5, 5.41) is 2.55. The number of piperidine rings is 1. The van der Waals surface area contributed by atoms with Gasteiger partial charge in [-0.2, -0.15) is 0 Å². The molecular formula is C30H39NO3. The summed E-state index contributed by atoms with van der Waals surface area (Å²) in [6.07, 6.45) is 4.69. The minimum absolute atomic E-state index is 0.317. The summed E-state index contributed by atoms with van der Waals surface area (Å²) in [5.41, 5.74) is 4.68. The summed E-state index contributed by atoms with van der Waals surface area (Å²) in [5.74, 6) is 1.73. The highest BCUT2D eigenvalue weighted by Crippen LogP contribution is 2.43. The number of benzene rings is 3. The zero-order valence-electron chi connectivity index (χ0n) is 21.2. The second kappa shape index (κ2) is 11.7. The molecule has 4 heteroatoms. The van der Waals surface area contributed by atoms with Crippen LogP contribution < -0.4 is 9.47 Å². The predicted octanol–water partition coefficient (Wildman–Crippen LogP) is 6.87. The molecule has 34 heavy (non-hydrogen) atoms. The molecule has 0 aliphatic carbocycles. The Morgan fingerprint density at radius 3 is 2.15 bits per heavy atom. The van der Waals surface area contributed by atoms with E-state index < -0.39 is 0 Å². The van der Waals surface area contributed by atoms with Crippen LogP contribution in [0.15, 0.2) is 48.5 Å². The quantitative estimate of drug-likeness (QED) is 0.330. The average molecular weight is 462 g/mol. The topological polar surface area (TPSA) is 30.9 Å². The van der Waals surface area contributed by atoms with Gasteiger partial charge in [-0.3, -0.25) is 0 Å². The van der Waals surface area contributed by atoms with Crippen LogP contribution in [0.3, 0.4) is 0 Å². The van der Waals surface area contributed by atoms with Gasteiger partial charge in [0.05, 0.1) is 31.5 Å². The van der Waals surface area contributed by atoms with Crippen molar-refractivity contribution in [3.05, 3.63) is 59.7 Å². The maximum Gasteiger partial charge on any atom is 0.131 e. The van der Waals surface area contributed by atoms with E-state index in [0.29, 0.717) is 25.9 Å². The first-order valence-electron chi connectivity index (χ1n) is 12.9. The van der Waals surface area contributed by atoms with Gasteiger partial charge in [0.1, 0.15) is 11.5 Å². The third kappa shape index (κ3) is 5.56. The van der Waals surface area contributed by atoms with Gasteiger partial charge < -0.3 is 19.1 Å². The fraction of sp³-hybridized carbons (Fsp3) is 0.467. The summed E-state index contributed by atoms with van der Waals surface area (Å²) >= 11 is 0. The second-order valence-corrected chi connectivity index (χ2v) is 9.21. The van der Waals surface area contributed by atoms with Crippen molar-refractivity contribution in [1.82, 2.24) is 4.90 Å². The van der Waals surface area contributed by atoms with E-state index in [0.717, 1.165) is 67.0 Å². The third-order valence-electron chi connectivity index (χ3n) is 6.68. The molecule has 0 bridgehead atoms. The fourth-order valence-electron chi connectivity index (χ4n) is 4.98. The number of aryl methyl sites for hydroxylation is 1. The van der Waals surface area contributed by atoms with Gasteiger partial charge in [-0.15, -0.1) is 0 Å². The van der Waals surface area contributed by atoms with Crippen molar-refractivity contribution in [2.24, 2.45) is 0 Å². The molecule has 0 atom stereocenters. The normalized spacial score (nSPS) is 15.1. The molecule has 3 aromatic carbocycles. The second-order valence-electron chi connectivity index (χ2n) is 9.21. The van der Waals surface area contributed by atoms with Gasteiger partial charge in [-0.1, -0.05) is 49.7 Å². The Balaban J connectivity index is 1.74. The standard InChI is InChI=1S/C30H39NO3/c1-5-10-23-11-8-13-26-25(23)12-9-14-27(26)30-28(32-6-2)19-22(20-29(30)33-7-3)21-34-24-15-17-31(4)18-16-24/h8-9,11-14,19-20,24H,5-7,10,15-18,21H2,1-4H3. The van der Waals surface area contributed by atoms with E-state index in [9.17, 15) is 0 Å². The van der Waals surface area contributed by atoms with Crippen LogP contribution in [0, 0.1) is 0 Å². The average Bonchev–Trinajstić information content (AvgIpc) is 2.84. The van der Waals surface area contributed by atoms with Crippen LogP contribution in [0.1, 0.15) is 51.2 Å². The molecule has 1 saturated heterocycles. The molecule has 182 valence electrons. The summed E-state index contributed by atoms with van der Waals surface area (Å²) in [4.78, 5) is 2.37. The van der Waals surface area contributed by atoms with Crippen molar-refractivity contribution in [1.29, 1.82) is 0 Å². The van der Waals surface area contributed by atoms with E-state index in [-0.39, 0.29) is 0 Å². The van der Waals surface area contributed by atoms with Crippen molar-refractivity contribution in [2.75, 3.05) is 33.4 Å². The lowest BCUT2D eigenvalue weighted by Crippen LogP contribution is -2.34. The zero-order valence-corrected chi connectivity index (χ0v) is 21.2. The number of likely N-dealkylation sites (tertiary alicyclic amines) is 1. The van der Waals surface area contributed by atoms with Crippen LogP contribution in [-0.4, -0.2) is 44.4 Å². The van der Waals surface area contributed by atoms with Gasteiger partial charge in [0.25, 0.3) is 0 Å². The molecule has 4 nitrogen and oxygen atoms in total. The minimum atomic E-state index is 0.317. The fourth-order valence-corrected chi connectivity index (χ4v) is 4.98. The molecule has 0 unspecified atom stereocenters. The van der Waals surface area contributed by atoms with Gasteiger partial charge >= 0.3 is 0 Å². The summed E-state index contributed by atoms with van der Waals surface area (Å²) in [6, 6.07) is 17.5. The lowest BCUT2D eigenvalue weighted by molar-refractivity contribution is 0.00200.